The molecule has 0 fully saturated rings. The first-order chi connectivity index (χ1) is 6.86. The van der Waals surface area contributed by atoms with Gasteiger partial charge in [-0.15, -0.1) is 0 Å². The molecule has 1 atom stereocenters. The van der Waals surface area contributed by atoms with Crippen molar-refractivity contribution >= 4 is 6.41 Å². The number of amides is 1. The van der Waals surface area contributed by atoms with Crippen molar-refractivity contribution in [3.63, 3.8) is 0 Å². The number of methoxy groups -OCH3 is 1. The summed E-state index contributed by atoms with van der Waals surface area (Å²) < 4.78 is 5.01. The summed E-state index contributed by atoms with van der Waals surface area (Å²) in [6.07, 6.45) is 1.51. The third kappa shape index (κ3) is 3.58. The predicted octanol–water partition coefficient (Wildman–Crippen LogP) is 0.990. The third-order valence-corrected chi connectivity index (χ3v) is 2.00. The van der Waals surface area contributed by atoms with Crippen LogP contribution in [0.2, 0.25) is 0 Å². The van der Waals surface area contributed by atoms with Crippen LogP contribution in [0.5, 0.6) is 0 Å². The molecule has 0 unspecified atom stereocenters. The van der Waals surface area contributed by atoms with Crippen molar-refractivity contribution in [1.82, 2.24) is 5.32 Å². The Morgan fingerprint density at radius 1 is 1.43 bits per heavy atom. The highest BCUT2D eigenvalue weighted by Crippen LogP contribution is 2.02. The standard InChI is InChI=1S/C11H15NO2/c1-14-8-11(12-9-13)7-10-5-3-2-4-6-10/h2-6,9,11H,7-8H2,1H3,(H,12,13)/t11-/m0/s1. The lowest BCUT2D eigenvalue weighted by Gasteiger charge is -2.14. The van der Waals surface area contributed by atoms with Crippen LogP contribution in [0.15, 0.2) is 30.3 Å². The predicted molar refractivity (Wildman–Crippen MR) is 55.0 cm³/mol. The lowest BCUT2D eigenvalue weighted by molar-refractivity contribution is -0.110. The molecule has 14 heavy (non-hydrogen) atoms. The van der Waals surface area contributed by atoms with Gasteiger partial charge in [0.1, 0.15) is 0 Å². The maximum Gasteiger partial charge on any atom is 0.207 e. The van der Waals surface area contributed by atoms with Crippen molar-refractivity contribution in [1.29, 1.82) is 0 Å². The molecule has 0 bridgehead atoms. The van der Waals surface area contributed by atoms with E-state index in [1.54, 1.807) is 7.11 Å². The van der Waals surface area contributed by atoms with E-state index in [-0.39, 0.29) is 6.04 Å². The van der Waals surface area contributed by atoms with Gasteiger partial charge in [0.2, 0.25) is 6.41 Å². The smallest absolute Gasteiger partial charge is 0.207 e. The highest BCUT2D eigenvalue weighted by Gasteiger charge is 2.06. The number of hydrogen-bond acceptors (Lipinski definition) is 2. The minimum absolute atomic E-state index is 0.0555. The maximum absolute atomic E-state index is 10.3. The Morgan fingerprint density at radius 2 is 2.14 bits per heavy atom. The summed E-state index contributed by atoms with van der Waals surface area (Å²) in [6.45, 7) is 0.535. The molecule has 1 amide bonds. The normalized spacial score (nSPS) is 12.1. The van der Waals surface area contributed by atoms with E-state index < -0.39 is 0 Å². The fourth-order valence-electron chi connectivity index (χ4n) is 1.36. The molecular weight excluding hydrogens is 178 g/mol. The zero-order chi connectivity index (χ0) is 10.2. The van der Waals surface area contributed by atoms with Crippen LogP contribution in [0, 0.1) is 0 Å². The summed E-state index contributed by atoms with van der Waals surface area (Å²) in [5.41, 5.74) is 1.20. The first-order valence-corrected chi connectivity index (χ1v) is 4.59. The molecule has 76 valence electrons. The van der Waals surface area contributed by atoms with Gasteiger partial charge in [-0.05, 0) is 12.0 Å². The molecule has 1 N–H and O–H groups in total. The van der Waals surface area contributed by atoms with Gasteiger partial charge in [-0.1, -0.05) is 30.3 Å². The second-order valence-electron chi connectivity index (χ2n) is 3.13. The van der Waals surface area contributed by atoms with E-state index in [1.165, 1.54) is 5.56 Å². The van der Waals surface area contributed by atoms with Crippen LogP contribution in [-0.4, -0.2) is 26.2 Å². The summed E-state index contributed by atoms with van der Waals surface area (Å²) in [5, 5.41) is 2.73. The van der Waals surface area contributed by atoms with Crippen molar-refractivity contribution in [3.05, 3.63) is 35.9 Å². The Morgan fingerprint density at radius 3 is 2.71 bits per heavy atom. The van der Waals surface area contributed by atoms with Crippen molar-refractivity contribution in [2.75, 3.05) is 13.7 Å². The lowest BCUT2D eigenvalue weighted by atomic mass is 10.1. The number of carbonyl (C=O) groups is 1. The summed E-state index contributed by atoms with van der Waals surface area (Å²) in [6, 6.07) is 10.1. The van der Waals surface area contributed by atoms with Crippen molar-refractivity contribution in [2.45, 2.75) is 12.5 Å². The quantitative estimate of drug-likeness (QED) is 0.684. The number of ether oxygens (including phenoxy) is 1. The van der Waals surface area contributed by atoms with Crippen LogP contribution in [0.25, 0.3) is 0 Å². The molecule has 0 aromatic heterocycles. The van der Waals surface area contributed by atoms with E-state index >= 15 is 0 Å². The minimum atomic E-state index is 0.0555. The molecule has 0 aliphatic heterocycles. The van der Waals surface area contributed by atoms with Crippen LogP contribution in [0.3, 0.4) is 0 Å². The fourth-order valence-corrected chi connectivity index (χ4v) is 1.36. The summed E-state index contributed by atoms with van der Waals surface area (Å²) in [5.74, 6) is 0. The van der Waals surface area contributed by atoms with Gasteiger partial charge in [-0.3, -0.25) is 4.79 Å². The van der Waals surface area contributed by atoms with Crippen molar-refractivity contribution in [2.24, 2.45) is 0 Å². The van der Waals surface area contributed by atoms with Gasteiger partial charge in [0.15, 0.2) is 0 Å². The van der Waals surface area contributed by atoms with Gasteiger partial charge < -0.3 is 10.1 Å². The van der Waals surface area contributed by atoms with E-state index in [0.29, 0.717) is 13.0 Å². The maximum atomic E-state index is 10.3. The topological polar surface area (TPSA) is 38.3 Å². The second-order valence-corrected chi connectivity index (χ2v) is 3.13. The molecule has 1 aromatic rings. The Kier molecular flexibility index (Phi) is 4.72. The number of nitrogens with one attached hydrogen (secondary N) is 1. The molecule has 0 radical (unpaired) electrons. The largest absolute Gasteiger partial charge is 0.383 e. The first kappa shape index (κ1) is 10.7. The Bertz CT molecular complexity index is 261. The molecule has 0 spiro atoms. The first-order valence-electron chi connectivity index (χ1n) is 4.59. The Hall–Kier alpha value is -1.35. The van der Waals surface area contributed by atoms with Gasteiger partial charge in [-0.2, -0.15) is 0 Å². The summed E-state index contributed by atoms with van der Waals surface area (Å²) in [7, 11) is 1.63. The Labute approximate surface area is 84.1 Å². The molecule has 3 heteroatoms. The third-order valence-electron chi connectivity index (χ3n) is 2.00. The van der Waals surface area contributed by atoms with Crippen molar-refractivity contribution in [3.8, 4) is 0 Å². The van der Waals surface area contributed by atoms with Crippen LogP contribution in [0.1, 0.15) is 5.56 Å². The van der Waals surface area contributed by atoms with Crippen LogP contribution >= 0.6 is 0 Å². The van der Waals surface area contributed by atoms with Crippen LogP contribution < -0.4 is 5.32 Å². The molecule has 1 rings (SSSR count). The van der Waals surface area contributed by atoms with E-state index in [0.717, 1.165) is 6.42 Å². The molecule has 0 aliphatic carbocycles. The minimum Gasteiger partial charge on any atom is -0.383 e. The molecule has 0 saturated carbocycles. The van der Waals surface area contributed by atoms with E-state index in [1.807, 2.05) is 30.3 Å². The number of hydrogen-bond donors (Lipinski definition) is 1. The highest BCUT2D eigenvalue weighted by molar-refractivity contribution is 5.46. The molecule has 1 aromatic carbocycles. The van der Waals surface area contributed by atoms with E-state index in [9.17, 15) is 4.79 Å². The van der Waals surface area contributed by atoms with E-state index in [4.69, 9.17) is 4.74 Å². The van der Waals surface area contributed by atoms with Gasteiger partial charge in [0, 0.05) is 7.11 Å². The van der Waals surface area contributed by atoms with Gasteiger partial charge in [0.05, 0.1) is 12.6 Å². The van der Waals surface area contributed by atoms with Gasteiger partial charge in [-0.25, -0.2) is 0 Å². The van der Waals surface area contributed by atoms with Crippen LogP contribution in [0.4, 0.5) is 0 Å². The SMILES string of the molecule is COC[C@H](Cc1ccccc1)NC=O. The molecule has 0 saturated heterocycles. The lowest BCUT2D eigenvalue weighted by Crippen LogP contribution is -2.34. The summed E-state index contributed by atoms with van der Waals surface area (Å²) >= 11 is 0. The zero-order valence-corrected chi connectivity index (χ0v) is 8.27. The zero-order valence-electron chi connectivity index (χ0n) is 8.27. The fraction of sp³-hybridized carbons (Fsp3) is 0.364. The number of rotatable bonds is 6. The average molecular weight is 193 g/mol. The molecule has 0 heterocycles. The van der Waals surface area contributed by atoms with Crippen molar-refractivity contribution < 1.29 is 9.53 Å². The monoisotopic (exact) mass is 193 g/mol. The van der Waals surface area contributed by atoms with E-state index in [2.05, 4.69) is 5.32 Å². The van der Waals surface area contributed by atoms with Gasteiger partial charge in [0.25, 0.3) is 0 Å². The van der Waals surface area contributed by atoms with Crippen LogP contribution in [-0.2, 0) is 16.0 Å². The Balaban J connectivity index is 2.50. The number of benzene rings is 1. The molecule has 3 nitrogen and oxygen atoms in total. The highest BCUT2D eigenvalue weighted by atomic mass is 16.5. The van der Waals surface area contributed by atoms with Gasteiger partial charge >= 0.3 is 0 Å². The molecular formula is C11H15NO2. The second kappa shape index (κ2) is 6.16. The number of carbonyl (C=O) groups excluding carboxylic acids is 1. The summed E-state index contributed by atoms with van der Waals surface area (Å²) in [4.78, 5) is 10.3. The average Bonchev–Trinajstić information content (AvgIpc) is 2.20. The molecule has 0 aliphatic rings.